The van der Waals surface area contributed by atoms with Gasteiger partial charge >= 0.3 is 0 Å². The van der Waals surface area contributed by atoms with Crippen molar-refractivity contribution in [3.05, 3.63) is 6.10 Å². The maximum Gasteiger partial charge on any atom is 0.0958 e. The summed E-state index contributed by atoms with van der Waals surface area (Å²) in [7, 11) is 1.69. The highest BCUT2D eigenvalue weighted by molar-refractivity contribution is 4.70. The van der Waals surface area contributed by atoms with E-state index >= 15 is 0 Å². The molecule has 0 bridgehead atoms. The molecular weight excluding hydrogens is 140 g/mol. The summed E-state index contributed by atoms with van der Waals surface area (Å²) >= 11 is 0. The molecule has 0 spiro atoms. The van der Waals surface area contributed by atoms with E-state index in [2.05, 4.69) is 20.8 Å². The van der Waals surface area contributed by atoms with Gasteiger partial charge in [-0.1, -0.05) is 0 Å². The highest BCUT2D eigenvalue weighted by Crippen LogP contribution is 2.10. The Morgan fingerprint density at radius 2 is 1.82 bits per heavy atom. The summed E-state index contributed by atoms with van der Waals surface area (Å²) in [5, 5.41) is 0. The van der Waals surface area contributed by atoms with Gasteiger partial charge in [0.15, 0.2) is 0 Å². The normalized spacial score (nSPS) is 12.5. The van der Waals surface area contributed by atoms with E-state index in [0.717, 1.165) is 19.1 Å². The van der Waals surface area contributed by atoms with E-state index in [1.807, 2.05) is 6.92 Å². The highest BCUT2D eigenvalue weighted by Gasteiger charge is 2.10. The molecule has 0 aromatic carbocycles. The molecule has 0 aromatic rings. The summed E-state index contributed by atoms with van der Waals surface area (Å²) in [6.45, 7) is 8.86. The molecule has 0 fully saturated rings. The van der Waals surface area contributed by atoms with E-state index in [0.29, 0.717) is 0 Å². The SMILES string of the molecule is CO[C](C)CCOC(C)(C)C. The number of hydrogen-bond donors (Lipinski definition) is 0. The Morgan fingerprint density at radius 3 is 2.18 bits per heavy atom. The maximum atomic E-state index is 5.50. The summed E-state index contributed by atoms with van der Waals surface area (Å²) in [5.41, 5.74) is -0.0337. The molecule has 2 nitrogen and oxygen atoms in total. The lowest BCUT2D eigenvalue weighted by atomic mass is 10.2. The van der Waals surface area contributed by atoms with E-state index in [-0.39, 0.29) is 5.60 Å². The average Bonchev–Trinajstić information content (AvgIpc) is 1.85. The van der Waals surface area contributed by atoms with Crippen LogP contribution < -0.4 is 0 Å². The van der Waals surface area contributed by atoms with Crippen LogP contribution in [0.2, 0.25) is 0 Å². The van der Waals surface area contributed by atoms with Gasteiger partial charge in [-0.25, -0.2) is 0 Å². The molecule has 1 radical (unpaired) electrons. The van der Waals surface area contributed by atoms with Crippen LogP contribution >= 0.6 is 0 Å². The predicted octanol–water partition coefficient (Wildman–Crippen LogP) is 2.39. The van der Waals surface area contributed by atoms with Crippen LogP contribution in [0.4, 0.5) is 0 Å². The first-order chi connectivity index (χ1) is 4.95. The van der Waals surface area contributed by atoms with Crippen LogP contribution in [-0.2, 0) is 9.47 Å². The van der Waals surface area contributed by atoms with Gasteiger partial charge in [-0.3, -0.25) is 0 Å². The van der Waals surface area contributed by atoms with Crippen molar-refractivity contribution >= 4 is 0 Å². The Labute approximate surface area is 69.9 Å². The number of hydrogen-bond acceptors (Lipinski definition) is 2. The van der Waals surface area contributed by atoms with Gasteiger partial charge in [-0.2, -0.15) is 0 Å². The van der Waals surface area contributed by atoms with Gasteiger partial charge in [0.2, 0.25) is 0 Å². The second-order valence-electron chi connectivity index (χ2n) is 3.62. The molecule has 2 heteroatoms. The second kappa shape index (κ2) is 4.73. The molecular formula is C9H19O2. The highest BCUT2D eigenvalue weighted by atomic mass is 16.5. The smallest absolute Gasteiger partial charge is 0.0958 e. The standard InChI is InChI=1S/C9H19O2/c1-8(10-5)6-7-11-9(2,3)4/h6-7H2,1-5H3. The fourth-order valence-electron chi connectivity index (χ4n) is 0.603. The van der Waals surface area contributed by atoms with Gasteiger partial charge in [0, 0.05) is 13.5 Å². The quantitative estimate of drug-likeness (QED) is 0.627. The number of rotatable bonds is 4. The molecule has 0 atom stereocenters. The van der Waals surface area contributed by atoms with Gasteiger partial charge in [0.05, 0.1) is 18.3 Å². The molecule has 0 unspecified atom stereocenters. The predicted molar refractivity (Wildman–Crippen MR) is 46.2 cm³/mol. The second-order valence-corrected chi connectivity index (χ2v) is 3.62. The molecule has 0 rings (SSSR count). The molecule has 0 aliphatic rings. The van der Waals surface area contributed by atoms with Crippen molar-refractivity contribution in [2.75, 3.05) is 13.7 Å². The minimum absolute atomic E-state index is 0.0337. The lowest BCUT2D eigenvalue weighted by molar-refractivity contribution is -0.00957. The molecule has 0 aromatic heterocycles. The third kappa shape index (κ3) is 7.82. The zero-order valence-corrected chi connectivity index (χ0v) is 8.23. The minimum Gasteiger partial charge on any atom is -0.376 e. The van der Waals surface area contributed by atoms with Crippen molar-refractivity contribution in [2.24, 2.45) is 0 Å². The molecule has 0 heterocycles. The van der Waals surface area contributed by atoms with Crippen LogP contribution in [0.3, 0.4) is 0 Å². The summed E-state index contributed by atoms with van der Waals surface area (Å²) in [6, 6.07) is 0. The molecule has 0 saturated carbocycles. The van der Waals surface area contributed by atoms with E-state index in [1.54, 1.807) is 7.11 Å². The number of methoxy groups -OCH3 is 1. The van der Waals surface area contributed by atoms with E-state index in [9.17, 15) is 0 Å². The zero-order chi connectivity index (χ0) is 8.91. The zero-order valence-electron chi connectivity index (χ0n) is 8.23. The van der Waals surface area contributed by atoms with Crippen LogP contribution in [0.5, 0.6) is 0 Å². The fraction of sp³-hybridized carbons (Fsp3) is 0.889. The van der Waals surface area contributed by atoms with Crippen LogP contribution in [0.15, 0.2) is 0 Å². The lowest BCUT2D eigenvalue weighted by Crippen LogP contribution is -2.20. The summed E-state index contributed by atoms with van der Waals surface area (Å²) < 4.78 is 10.5. The molecule has 0 amide bonds. The van der Waals surface area contributed by atoms with Crippen LogP contribution in [0.1, 0.15) is 34.1 Å². The van der Waals surface area contributed by atoms with Crippen molar-refractivity contribution < 1.29 is 9.47 Å². The Morgan fingerprint density at radius 1 is 1.27 bits per heavy atom. The van der Waals surface area contributed by atoms with Crippen molar-refractivity contribution in [2.45, 2.75) is 39.7 Å². The summed E-state index contributed by atoms with van der Waals surface area (Å²) in [6.07, 6.45) is 1.91. The topological polar surface area (TPSA) is 18.5 Å². The average molecular weight is 159 g/mol. The van der Waals surface area contributed by atoms with Crippen LogP contribution in [0.25, 0.3) is 0 Å². The van der Waals surface area contributed by atoms with Crippen molar-refractivity contribution in [3.63, 3.8) is 0 Å². The van der Waals surface area contributed by atoms with Crippen molar-refractivity contribution in [3.8, 4) is 0 Å². The number of ether oxygens (including phenoxy) is 2. The van der Waals surface area contributed by atoms with E-state index < -0.39 is 0 Å². The molecule has 0 aliphatic heterocycles. The van der Waals surface area contributed by atoms with E-state index in [1.165, 1.54) is 0 Å². The third-order valence-electron chi connectivity index (χ3n) is 1.34. The first kappa shape index (κ1) is 10.9. The molecule has 0 saturated heterocycles. The Kier molecular flexibility index (Phi) is 4.69. The third-order valence-corrected chi connectivity index (χ3v) is 1.34. The Bertz CT molecular complexity index is 94.2. The molecule has 0 N–H and O–H groups in total. The largest absolute Gasteiger partial charge is 0.376 e. The van der Waals surface area contributed by atoms with Gasteiger partial charge in [0.25, 0.3) is 0 Å². The lowest BCUT2D eigenvalue weighted by Gasteiger charge is -2.20. The van der Waals surface area contributed by atoms with Crippen molar-refractivity contribution in [1.29, 1.82) is 0 Å². The first-order valence-electron chi connectivity index (χ1n) is 3.96. The van der Waals surface area contributed by atoms with Gasteiger partial charge in [-0.15, -0.1) is 0 Å². The minimum atomic E-state index is -0.0337. The van der Waals surface area contributed by atoms with Crippen LogP contribution in [-0.4, -0.2) is 19.3 Å². The Hall–Kier alpha value is -0.0800. The van der Waals surface area contributed by atoms with Crippen molar-refractivity contribution in [1.82, 2.24) is 0 Å². The first-order valence-corrected chi connectivity index (χ1v) is 3.96. The molecule has 0 aliphatic carbocycles. The summed E-state index contributed by atoms with van der Waals surface area (Å²) in [4.78, 5) is 0. The maximum absolute atomic E-state index is 5.50. The van der Waals surface area contributed by atoms with Gasteiger partial charge in [-0.05, 0) is 27.7 Å². The summed E-state index contributed by atoms with van der Waals surface area (Å²) in [5.74, 6) is 0. The van der Waals surface area contributed by atoms with E-state index in [4.69, 9.17) is 9.47 Å². The molecule has 11 heavy (non-hydrogen) atoms. The molecule has 67 valence electrons. The Balaban J connectivity index is 3.28. The van der Waals surface area contributed by atoms with Gasteiger partial charge in [0.1, 0.15) is 0 Å². The fourth-order valence-corrected chi connectivity index (χ4v) is 0.603. The monoisotopic (exact) mass is 159 g/mol. The van der Waals surface area contributed by atoms with Gasteiger partial charge < -0.3 is 9.47 Å². The van der Waals surface area contributed by atoms with Crippen LogP contribution in [0, 0.1) is 6.10 Å².